The molecule has 0 aromatic heterocycles. The summed E-state index contributed by atoms with van der Waals surface area (Å²) in [6, 6.07) is 2.83. The first-order valence-electron chi connectivity index (χ1n) is 5.64. The van der Waals surface area contributed by atoms with E-state index in [4.69, 9.17) is 18.9 Å². The van der Waals surface area contributed by atoms with Crippen molar-refractivity contribution in [1.82, 2.24) is 0 Å². The molecule has 1 aromatic rings. The zero-order valence-electron chi connectivity index (χ0n) is 12.4. The molecule has 4 nitrogen and oxygen atoms in total. The Morgan fingerprint density at radius 3 is 1.86 bits per heavy atom. The summed E-state index contributed by atoms with van der Waals surface area (Å²) < 4.78 is 57.4. The van der Waals surface area contributed by atoms with E-state index in [2.05, 4.69) is 6.58 Å². The molecule has 9 heteroatoms. The summed E-state index contributed by atoms with van der Waals surface area (Å²) >= 11 is 0. The molecule has 1 aromatic carbocycles. The normalized spacial score (nSPS) is 10.4. The number of hydrogen-bond acceptors (Lipinski definition) is 4. The molecule has 0 unspecified atom stereocenters. The third-order valence-electron chi connectivity index (χ3n) is 2.53. The van der Waals surface area contributed by atoms with Gasteiger partial charge in [-0.1, -0.05) is 0 Å². The Labute approximate surface area is 164 Å². The van der Waals surface area contributed by atoms with Crippen LogP contribution in [0, 0.1) is 0 Å². The molecule has 0 N–H and O–H groups in total. The van der Waals surface area contributed by atoms with Crippen LogP contribution in [0.1, 0.15) is 0 Å². The molecular formula is C12H15BF3KO4. The number of halogens is 3. The van der Waals surface area contributed by atoms with Gasteiger partial charge in [-0.3, -0.25) is 0 Å². The summed E-state index contributed by atoms with van der Waals surface area (Å²) in [4.78, 5) is 0. The van der Waals surface area contributed by atoms with Crippen LogP contribution < -0.4 is 70.3 Å². The van der Waals surface area contributed by atoms with Crippen LogP contribution in [0.4, 0.5) is 12.9 Å². The van der Waals surface area contributed by atoms with E-state index in [1.165, 1.54) is 33.5 Å². The van der Waals surface area contributed by atoms with Gasteiger partial charge < -0.3 is 31.9 Å². The summed E-state index contributed by atoms with van der Waals surface area (Å²) in [5.41, 5.74) is -0.918. The van der Waals surface area contributed by atoms with Crippen LogP contribution in [-0.2, 0) is 0 Å². The Hall–Kier alpha value is -0.349. The van der Waals surface area contributed by atoms with Crippen molar-refractivity contribution in [2.24, 2.45) is 0 Å². The molecule has 0 fully saturated rings. The predicted molar refractivity (Wildman–Crippen MR) is 69.8 cm³/mol. The molecule has 0 spiro atoms. The predicted octanol–water partition coefficient (Wildman–Crippen LogP) is 0.0380. The van der Waals surface area contributed by atoms with Crippen molar-refractivity contribution in [3.63, 3.8) is 0 Å². The summed E-state index contributed by atoms with van der Waals surface area (Å²) in [6.07, 6.45) is 0. The molecule has 0 aliphatic heterocycles. The topological polar surface area (TPSA) is 36.9 Å². The van der Waals surface area contributed by atoms with Gasteiger partial charge in [-0.2, -0.15) is 0 Å². The SMILES string of the molecule is C=C(COc1cc(OC)c(OC)c(OC)c1)[B-](F)(F)F.[K+]. The minimum Gasteiger partial charge on any atom is -0.493 e. The molecule has 0 saturated carbocycles. The molecule has 0 atom stereocenters. The van der Waals surface area contributed by atoms with Gasteiger partial charge in [0.15, 0.2) is 11.5 Å². The Morgan fingerprint density at radius 2 is 1.52 bits per heavy atom. The van der Waals surface area contributed by atoms with Gasteiger partial charge in [-0.15, -0.1) is 12.1 Å². The molecule has 0 aliphatic carbocycles. The zero-order chi connectivity index (χ0) is 15.3. The van der Waals surface area contributed by atoms with E-state index in [1.807, 2.05) is 0 Å². The van der Waals surface area contributed by atoms with Crippen LogP contribution in [-0.4, -0.2) is 34.9 Å². The molecule has 112 valence electrons. The molecule has 0 aliphatic rings. The number of hydrogen-bond donors (Lipinski definition) is 0. The Balaban J connectivity index is 0.00000400. The largest absolute Gasteiger partial charge is 1.00 e. The monoisotopic (exact) mass is 330 g/mol. The Bertz CT molecular complexity index is 469. The fraction of sp³-hybridized carbons (Fsp3) is 0.333. The van der Waals surface area contributed by atoms with Crippen molar-refractivity contribution < 1.29 is 83.3 Å². The zero-order valence-corrected chi connectivity index (χ0v) is 15.5. The average Bonchev–Trinajstić information content (AvgIpc) is 2.42. The maximum absolute atomic E-state index is 12.4. The van der Waals surface area contributed by atoms with Gasteiger partial charge in [-0.25, -0.2) is 0 Å². The number of methoxy groups -OCH3 is 3. The van der Waals surface area contributed by atoms with Crippen LogP contribution in [0.3, 0.4) is 0 Å². The molecular weight excluding hydrogens is 315 g/mol. The van der Waals surface area contributed by atoms with E-state index in [0.717, 1.165) is 0 Å². The number of ether oxygens (including phenoxy) is 4. The van der Waals surface area contributed by atoms with Crippen molar-refractivity contribution >= 4 is 6.98 Å². The molecule has 21 heavy (non-hydrogen) atoms. The van der Waals surface area contributed by atoms with Gasteiger partial charge in [0.25, 0.3) is 0 Å². The van der Waals surface area contributed by atoms with Gasteiger partial charge in [0, 0.05) is 12.1 Å². The van der Waals surface area contributed by atoms with Crippen molar-refractivity contribution in [1.29, 1.82) is 0 Å². The Kier molecular flexibility index (Phi) is 8.79. The first-order chi connectivity index (χ1) is 9.33. The van der Waals surface area contributed by atoms with Gasteiger partial charge in [0.05, 0.1) is 27.9 Å². The second-order valence-electron chi connectivity index (χ2n) is 3.88. The van der Waals surface area contributed by atoms with Gasteiger partial charge in [0.2, 0.25) is 5.75 Å². The molecule has 0 saturated heterocycles. The van der Waals surface area contributed by atoms with E-state index in [9.17, 15) is 12.9 Å². The first kappa shape index (κ1) is 20.7. The summed E-state index contributed by atoms with van der Waals surface area (Å²) in [7, 11) is 4.23. The van der Waals surface area contributed by atoms with E-state index in [1.54, 1.807) is 0 Å². The third-order valence-corrected chi connectivity index (χ3v) is 2.53. The van der Waals surface area contributed by atoms with Crippen molar-refractivity contribution in [3.8, 4) is 23.0 Å². The average molecular weight is 330 g/mol. The fourth-order valence-corrected chi connectivity index (χ4v) is 1.41. The summed E-state index contributed by atoms with van der Waals surface area (Å²) in [5.74, 6) is 1.09. The van der Waals surface area contributed by atoms with Crippen LogP contribution in [0.2, 0.25) is 0 Å². The van der Waals surface area contributed by atoms with E-state index in [-0.39, 0.29) is 57.1 Å². The second-order valence-corrected chi connectivity index (χ2v) is 3.88. The maximum Gasteiger partial charge on any atom is 1.00 e. The fourth-order valence-electron chi connectivity index (χ4n) is 1.41. The molecule has 0 radical (unpaired) electrons. The van der Waals surface area contributed by atoms with Crippen LogP contribution in [0.15, 0.2) is 24.2 Å². The molecule has 0 amide bonds. The molecule has 0 heterocycles. The van der Waals surface area contributed by atoms with Crippen LogP contribution >= 0.6 is 0 Å². The van der Waals surface area contributed by atoms with E-state index in [0.29, 0.717) is 17.2 Å². The van der Waals surface area contributed by atoms with Crippen LogP contribution in [0.5, 0.6) is 23.0 Å². The first-order valence-corrected chi connectivity index (χ1v) is 5.64. The van der Waals surface area contributed by atoms with E-state index >= 15 is 0 Å². The van der Waals surface area contributed by atoms with Gasteiger partial charge in [0.1, 0.15) is 5.75 Å². The maximum atomic E-state index is 12.4. The molecule has 1 rings (SSSR count). The Morgan fingerprint density at radius 1 is 1.05 bits per heavy atom. The van der Waals surface area contributed by atoms with Crippen molar-refractivity contribution in [3.05, 3.63) is 24.2 Å². The molecule has 0 bridgehead atoms. The number of rotatable bonds is 7. The minimum absolute atomic E-state index is 0. The van der Waals surface area contributed by atoms with Crippen molar-refractivity contribution in [2.45, 2.75) is 0 Å². The smallest absolute Gasteiger partial charge is 0.493 e. The summed E-state index contributed by atoms with van der Waals surface area (Å²) in [5, 5.41) is 0. The number of benzene rings is 1. The van der Waals surface area contributed by atoms with Crippen molar-refractivity contribution in [2.75, 3.05) is 27.9 Å². The van der Waals surface area contributed by atoms with E-state index < -0.39 is 19.1 Å². The second kappa shape index (κ2) is 8.94. The standard InChI is InChI=1S/C12H15BF3O4.K/c1-8(13(14,15)16)7-20-9-5-10(17-2)12(19-4)11(6-9)18-3;/h5-6H,1,7H2,2-4H3;/q-1;+1. The summed E-state index contributed by atoms with van der Waals surface area (Å²) in [6.45, 7) is -2.81. The minimum atomic E-state index is -5.11. The van der Waals surface area contributed by atoms with Crippen LogP contribution in [0.25, 0.3) is 0 Å². The quantitative estimate of drug-likeness (QED) is 0.662. The van der Waals surface area contributed by atoms with Gasteiger partial charge >= 0.3 is 58.4 Å². The third kappa shape index (κ3) is 5.74. The van der Waals surface area contributed by atoms with Gasteiger partial charge in [-0.05, 0) is 0 Å².